The van der Waals surface area contributed by atoms with E-state index in [4.69, 9.17) is 0 Å². The van der Waals surface area contributed by atoms with Crippen molar-refractivity contribution in [2.45, 2.75) is 38.3 Å². The first kappa shape index (κ1) is 28.3. The highest BCUT2D eigenvalue weighted by molar-refractivity contribution is 5.85. The van der Waals surface area contributed by atoms with E-state index < -0.39 is 0 Å². The van der Waals surface area contributed by atoms with Crippen LogP contribution in [0.5, 0.6) is 0 Å². The summed E-state index contributed by atoms with van der Waals surface area (Å²) in [5.74, 6) is 1.16. The van der Waals surface area contributed by atoms with Crippen molar-refractivity contribution in [1.82, 2.24) is 20.3 Å². The van der Waals surface area contributed by atoms with Crippen molar-refractivity contribution < 1.29 is 8.78 Å². The van der Waals surface area contributed by atoms with Gasteiger partial charge in [-0.1, -0.05) is 37.3 Å². The monoisotopic (exact) mass is 529 g/mol. The zero-order valence-corrected chi connectivity index (χ0v) is 21.8. The van der Waals surface area contributed by atoms with Gasteiger partial charge in [-0.05, 0) is 54.7 Å². The largest absolute Gasteiger partial charge is 0.354 e. The number of halogens is 3. The molecule has 7 nitrogen and oxygen atoms in total. The molecule has 0 amide bonds. The topological polar surface area (TPSA) is 78.0 Å². The molecule has 0 radical (unpaired) electrons. The van der Waals surface area contributed by atoms with E-state index in [-0.39, 0.29) is 36.1 Å². The Labute approximate surface area is 223 Å². The van der Waals surface area contributed by atoms with Crippen LogP contribution in [0.15, 0.2) is 61.2 Å². The molecule has 0 aliphatic carbocycles. The molecule has 1 aliphatic rings. The maximum atomic E-state index is 13.6. The van der Waals surface area contributed by atoms with Crippen LogP contribution in [0.3, 0.4) is 0 Å². The molecule has 37 heavy (non-hydrogen) atoms. The van der Waals surface area contributed by atoms with Gasteiger partial charge in [0.15, 0.2) is 0 Å². The molecule has 2 heterocycles. The van der Waals surface area contributed by atoms with Gasteiger partial charge < -0.3 is 20.9 Å². The summed E-state index contributed by atoms with van der Waals surface area (Å²) in [6.45, 7) is 8.73. The fraction of sp³-hybridized carbons (Fsp3) is 0.370. The zero-order valence-electron chi connectivity index (χ0n) is 21.0. The number of anilines is 3. The van der Waals surface area contributed by atoms with Gasteiger partial charge in [-0.3, -0.25) is 0 Å². The first-order chi connectivity index (χ1) is 17.6. The summed E-state index contributed by atoms with van der Waals surface area (Å²) in [7, 11) is 0. The van der Waals surface area contributed by atoms with E-state index in [1.165, 1.54) is 24.3 Å². The van der Waals surface area contributed by atoms with Gasteiger partial charge in [0.2, 0.25) is 17.8 Å². The Morgan fingerprint density at radius 2 is 1.46 bits per heavy atom. The summed E-state index contributed by atoms with van der Waals surface area (Å²) in [5, 5.41) is 10.1. The van der Waals surface area contributed by atoms with Crippen LogP contribution in [-0.4, -0.2) is 47.2 Å². The van der Waals surface area contributed by atoms with Crippen molar-refractivity contribution in [3.05, 3.63) is 83.9 Å². The molecule has 0 saturated carbocycles. The first-order valence-corrected chi connectivity index (χ1v) is 12.4. The first-order valence-electron chi connectivity index (χ1n) is 12.4. The summed E-state index contributed by atoms with van der Waals surface area (Å²) in [4.78, 5) is 15.9. The number of hydrogen-bond acceptors (Lipinski definition) is 7. The highest BCUT2D eigenvalue weighted by Crippen LogP contribution is 2.26. The smallest absolute Gasteiger partial charge is 0.231 e. The lowest BCUT2D eigenvalue weighted by atomic mass is 9.95. The highest BCUT2D eigenvalue weighted by Gasteiger charge is 2.25. The molecule has 4 rings (SSSR count). The predicted octanol–water partition coefficient (Wildman–Crippen LogP) is 5.34. The van der Waals surface area contributed by atoms with Crippen LogP contribution in [0, 0.1) is 11.6 Å². The van der Waals surface area contributed by atoms with Crippen molar-refractivity contribution in [3.8, 4) is 0 Å². The average molecular weight is 530 g/mol. The minimum atomic E-state index is -0.281. The molecule has 3 N–H and O–H groups in total. The third-order valence-corrected chi connectivity index (χ3v) is 6.15. The summed E-state index contributed by atoms with van der Waals surface area (Å²) in [6.07, 6.45) is 4.48. The molecule has 1 saturated heterocycles. The maximum Gasteiger partial charge on any atom is 0.231 e. The number of rotatable bonds is 11. The lowest BCUT2D eigenvalue weighted by Gasteiger charge is -2.35. The second kappa shape index (κ2) is 13.9. The van der Waals surface area contributed by atoms with Crippen LogP contribution in [0.4, 0.5) is 26.6 Å². The van der Waals surface area contributed by atoms with Crippen LogP contribution >= 0.6 is 12.4 Å². The van der Waals surface area contributed by atoms with Crippen LogP contribution in [0.2, 0.25) is 0 Å². The second-order valence-corrected chi connectivity index (χ2v) is 8.84. The Hall–Kier alpha value is -3.30. The molecular formula is C27H34ClF2N7. The molecule has 0 spiro atoms. The summed E-state index contributed by atoms with van der Waals surface area (Å²) in [6, 6.07) is 13.0. The number of piperidine rings is 1. The van der Waals surface area contributed by atoms with E-state index in [1.54, 1.807) is 30.3 Å². The quantitative estimate of drug-likeness (QED) is 0.289. The Kier molecular flexibility index (Phi) is 10.6. The van der Waals surface area contributed by atoms with E-state index in [2.05, 4.69) is 49.3 Å². The van der Waals surface area contributed by atoms with E-state index in [1.807, 2.05) is 0 Å². The van der Waals surface area contributed by atoms with Gasteiger partial charge in [0.05, 0.1) is 6.04 Å². The van der Waals surface area contributed by atoms with Gasteiger partial charge in [0, 0.05) is 32.2 Å². The maximum absolute atomic E-state index is 13.6. The molecule has 1 aliphatic heterocycles. The molecule has 198 valence electrons. The van der Waals surface area contributed by atoms with Gasteiger partial charge in [-0.15, -0.1) is 19.0 Å². The van der Waals surface area contributed by atoms with E-state index in [0.717, 1.165) is 50.0 Å². The molecule has 3 aromatic rings. The van der Waals surface area contributed by atoms with Crippen molar-refractivity contribution in [1.29, 1.82) is 0 Å². The Balaban J connectivity index is 0.00000380. The third-order valence-electron chi connectivity index (χ3n) is 6.15. The fourth-order valence-electron chi connectivity index (χ4n) is 4.24. The average Bonchev–Trinajstić information content (AvgIpc) is 2.91. The minimum absolute atomic E-state index is 0. The van der Waals surface area contributed by atoms with Crippen LogP contribution < -0.4 is 20.9 Å². The summed E-state index contributed by atoms with van der Waals surface area (Å²) in [5.41, 5.74) is 1.87. The van der Waals surface area contributed by atoms with Crippen LogP contribution in [0.25, 0.3) is 0 Å². The standard InChI is InChI=1S/C27H33F2N7.ClH/c1-3-15-30-25-33-26(31-16-4-2)35-27(34-25)36-17-13-23(14-18-36)32-24(19-5-9-21(28)10-6-19)20-7-11-22(29)12-8-20;/h3,5-12,23-24,32H,1,4,13-18H2,2H3,(H2,30,31,33,34,35);1H. The normalized spacial score (nSPS) is 13.8. The highest BCUT2D eigenvalue weighted by atomic mass is 35.5. The Morgan fingerprint density at radius 3 is 1.97 bits per heavy atom. The van der Waals surface area contributed by atoms with Gasteiger partial charge in [0.25, 0.3) is 0 Å². The van der Waals surface area contributed by atoms with Crippen molar-refractivity contribution in [2.24, 2.45) is 0 Å². The fourth-order valence-corrected chi connectivity index (χ4v) is 4.24. The third kappa shape index (κ3) is 7.84. The molecule has 2 aromatic carbocycles. The molecule has 0 bridgehead atoms. The van der Waals surface area contributed by atoms with E-state index in [9.17, 15) is 8.78 Å². The number of nitrogens with one attached hydrogen (secondary N) is 3. The zero-order chi connectivity index (χ0) is 25.3. The number of benzene rings is 2. The Bertz CT molecular complexity index is 1080. The molecule has 0 atom stereocenters. The van der Waals surface area contributed by atoms with Gasteiger partial charge in [-0.2, -0.15) is 15.0 Å². The van der Waals surface area contributed by atoms with Crippen molar-refractivity contribution in [2.75, 3.05) is 41.7 Å². The van der Waals surface area contributed by atoms with Crippen LogP contribution in [0.1, 0.15) is 43.4 Å². The van der Waals surface area contributed by atoms with Gasteiger partial charge in [-0.25, -0.2) is 8.78 Å². The molecule has 0 unspecified atom stereocenters. The molecular weight excluding hydrogens is 496 g/mol. The number of hydrogen-bond donors (Lipinski definition) is 3. The predicted molar refractivity (Wildman–Crippen MR) is 148 cm³/mol. The molecule has 1 aromatic heterocycles. The molecule has 10 heteroatoms. The van der Waals surface area contributed by atoms with E-state index >= 15 is 0 Å². The van der Waals surface area contributed by atoms with Crippen molar-refractivity contribution >= 4 is 30.3 Å². The Morgan fingerprint density at radius 1 is 0.919 bits per heavy atom. The van der Waals surface area contributed by atoms with E-state index in [0.29, 0.717) is 24.4 Å². The van der Waals surface area contributed by atoms with Gasteiger partial charge >= 0.3 is 0 Å². The second-order valence-electron chi connectivity index (χ2n) is 8.84. The SMILES string of the molecule is C=CCNc1nc(NCCC)nc(N2CCC(NC(c3ccc(F)cc3)c3ccc(F)cc3)CC2)n1.Cl. The van der Waals surface area contributed by atoms with Crippen LogP contribution in [-0.2, 0) is 0 Å². The summed E-state index contributed by atoms with van der Waals surface area (Å²) >= 11 is 0. The lowest BCUT2D eigenvalue weighted by Crippen LogP contribution is -2.44. The number of nitrogens with zero attached hydrogens (tertiary/aromatic N) is 4. The lowest BCUT2D eigenvalue weighted by molar-refractivity contribution is 0.388. The minimum Gasteiger partial charge on any atom is -0.354 e. The van der Waals surface area contributed by atoms with Crippen molar-refractivity contribution in [3.63, 3.8) is 0 Å². The summed E-state index contributed by atoms with van der Waals surface area (Å²) < 4.78 is 27.1. The van der Waals surface area contributed by atoms with Gasteiger partial charge in [0.1, 0.15) is 11.6 Å². The molecule has 1 fully saturated rings. The number of aromatic nitrogens is 3.